The summed E-state index contributed by atoms with van der Waals surface area (Å²) in [6.45, 7) is 11.1. The monoisotopic (exact) mass is 480 g/mol. The summed E-state index contributed by atoms with van der Waals surface area (Å²) in [5, 5.41) is 0. The van der Waals surface area contributed by atoms with Gasteiger partial charge in [-0.3, -0.25) is 4.99 Å². The minimum Gasteiger partial charge on any atom is -0.306 e. The van der Waals surface area contributed by atoms with E-state index >= 15 is 0 Å². The highest BCUT2D eigenvalue weighted by Crippen LogP contribution is 2.16. The molecule has 18 heavy (non-hydrogen) atoms. The minimum atomic E-state index is 0.694. The van der Waals surface area contributed by atoms with Crippen molar-refractivity contribution in [2.24, 2.45) is 16.8 Å². The van der Waals surface area contributed by atoms with Crippen LogP contribution in [0.3, 0.4) is 0 Å². The van der Waals surface area contributed by atoms with Crippen LogP contribution in [0.25, 0.3) is 0 Å². The minimum absolute atomic E-state index is 0.694. The maximum Gasteiger partial charge on any atom is 0.0277 e. The van der Waals surface area contributed by atoms with E-state index in [1.807, 2.05) is 19.1 Å². The summed E-state index contributed by atoms with van der Waals surface area (Å²) in [7, 11) is 6.03. The molecule has 0 rings (SSSR count). The summed E-state index contributed by atoms with van der Waals surface area (Å²) in [6, 6.07) is 0.694. The highest BCUT2D eigenvalue weighted by atomic mass is 128. The number of halogens is 2. The molecule has 0 bridgehead atoms. The Morgan fingerprint density at radius 2 is 1.50 bits per heavy atom. The van der Waals surface area contributed by atoms with Crippen molar-refractivity contribution in [2.45, 2.75) is 40.7 Å². The molecule has 0 N–H and O–H groups in total. The van der Waals surface area contributed by atoms with Gasteiger partial charge in [-0.05, 0) is 45.9 Å². The van der Waals surface area contributed by atoms with Gasteiger partial charge in [0.15, 0.2) is 0 Å². The first-order chi connectivity index (χ1) is 8.38. The lowest BCUT2D eigenvalue weighted by Crippen LogP contribution is -2.33. The van der Waals surface area contributed by atoms with Crippen LogP contribution in [-0.4, -0.2) is 38.3 Å². The molecule has 110 valence electrons. The van der Waals surface area contributed by atoms with Crippen molar-refractivity contribution in [3.63, 3.8) is 0 Å². The van der Waals surface area contributed by atoms with Gasteiger partial charge in [0.05, 0.1) is 0 Å². The lowest BCUT2D eigenvalue weighted by Gasteiger charge is -2.28. The van der Waals surface area contributed by atoms with Gasteiger partial charge in [-0.25, -0.2) is 0 Å². The van der Waals surface area contributed by atoms with E-state index in [0.717, 1.165) is 11.8 Å². The molecule has 0 fully saturated rings. The molecule has 0 heterocycles. The van der Waals surface area contributed by atoms with E-state index in [2.05, 4.69) is 88.9 Å². The molecular weight excluding hydrogens is 450 g/mol. The number of rotatable bonds is 4. The number of hydrogen-bond acceptors (Lipinski definition) is 2. The van der Waals surface area contributed by atoms with Crippen LogP contribution in [-0.2, 0) is 0 Å². The summed E-state index contributed by atoms with van der Waals surface area (Å²) < 4.78 is 0. The van der Waals surface area contributed by atoms with E-state index in [1.165, 1.54) is 0 Å². The smallest absolute Gasteiger partial charge is 0.0277 e. The Hall–Kier alpha value is 0.830. The lowest BCUT2D eigenvalue weighted by atomic mass is 9.91. The molecule has 0 aromatic rings. The fraction of sp³-hybridized carbons (Fsp3) is 0.786. The van der Waals surface area contributed by atoms with Crippen LogP contribution >= 0.6 is 37.2 Å². The lowest BCUT2D eigenvalue weighted by molar-refractivity contribution is 0.199. The Morgan fingerprint density at radius 1 is 1.06 bits per heavy atom. The summed E-state index contributed by atoms with van der Waals surface area (Å²) in [5.74, 6) is 1.58. The van der Waals surface area contributed by atoms with Crippen LogP contribution < -0.4 is 0 Å². The first-order valence-electron chi connectivity index (χ1n) is 6.22. The van der Waals surface area contributed by atoms with Crippen LogP contribution in [0.2, 0.25) is 0 Å². The molecule has 0 aliphatic heterocycles. The zero-order valence-electron chi connectivity index (χ0n) is 13.1. The second kappa shape index (κ2) is 17.8. The molecular formula is C14H30I2N2. The molecule has 0 saturated heterocycles. The molecule has 0 amide bonds. The van der Waals surface area contributed by atoms with Crippen molar-refractivity contribution in [3.05, 3.63) is 12.2 Å². The molecule has 4 heteroatoms. The quantitative estimate of drug-likeness (QED) is 0.396. The van der Waals surface area contributed by atoms with Gasteiger partial charge in [0.25, 0.3) is 0 Å². The summed E-state index contributed by atoms with van der Waals surface area (Å²) >= 11 is 4.24. The molecule has 0 saturated carbocycles. The second-order valence-corrected chi connectivity index (χ2v) is 4.74. The highest BCUT2D eigenvalue weighted by molar-refractivity contribution is 15.0. The molecule has 0 aromatic heterocycles. The molecule has 2 nitrogen and oxygen atoms in total. The number of nitrogens with zero attached hydrogens (tertiary/aromatic N) is 2. The SMILES string of the molecule is C/C=C\C=NC.CC(C)C(C)C(C)N(C)C.II. The molecule has 2 unspecified atom stereocenters. The predicted octanol–water partition coefficient (Wildman–Crippen LogP) is 5.26. The number of allylic oxidation sites excluding steroid dienone is 2. The van der Waals surface area contributed by atoms with E-state index in [-0.39, 0.29) is 0 Å². The van der Waals surface area contributed by atoms with E-state index in [9.17, 15) is 0 Å². The highest BCUT2D eigenvalue weighted by Gasteiger charge is 2.16. The van der Waals surface area contributed by atoms with Crippen molar-refractivity contribution in [1.29, 1.82) is 0 Å². The maximum atomic E-state index is 3.71. The maximum absolute atomic E-state index is 3.71. The fourth-order valence-corrected chi connectivity index (χ4v) is 1.20. The van der Waals surface area contributed by atoms with Gasteiger partial charge in [0, 0.05) is 56.5 Å². The molecule has 0 spiro atoms. The van der Waals surface area contributed by atoms with Gasteiger partial charge in [0.1, 0.15) is 0 Å². The third-order valence-corrected chi connectivity index (χ3v) is 3.05. The van der Waals surface area contributed by atoms with Gasteiger partial charge >= 0.3 is 0 Å². The molecule has 2 atom stereocenters. The van der Waals surface area contributed by atoms with Crippen molar-refractivity contribution < 1.29 is 0 Å². The Kier molecular flexibility index (Phi) is 23.7. The van der Waals surface area contributed by atoms with Crippen LogP contribution in [0, 0.1) is 11.8 Å². The van der Waals surface area contributed by atoms with Gasteiger partial charge in [-0.2, -0.15) is 0 Å². The number of aliphatic imine (C=N–C) groups is 1. The summed E-state index contributed by atoms with van der Waals surface area (Å²) in [6.07, 6.45) is 5.58. The van der Waals surface area contributed by atoms with Crippen LogP contribution in [0.4, 0.5) is 0 Å². The molecule has 0 radical (unpaired) electrons. The standard InChI is InChI=1S/C9H21N.C5H9N.I2/c1-7(2)8(3)9(4)10(5)6;1-3-4-5-6-2;1-2/h7-9H,1-6H3;3-5H,1-2H3;/b;4-3-,6-5?;. The van der Waals surface area contributed by atoms with E-state index < -0.39 is 0 Å². The van der Waals surface area contributed by atoms with Crippen molar-refractivity contribution in [1.82, 2.24) is 4.90 Å². The largest absolute Gasteiger partial charge is 0.306 e. The number of hydrogen-bond donors (Lipinski definition) is 0. The van der Waals surface area contributed by atoms with Crippen LogP contribution in [0.1, 0.15) is 34.6 Å². The third-order valence-electron chi connectivity index (χ3n) is 3.05. The zero-order chi connectivity index (χ0) is 15.1. The van der Waals surface area contributed by atoms with E-state index in [0.29, 0.717) is 6.04 Å². The van der Waals surface area contributed by atoms with Crippen molar-refractivity contribution >= 4 is 43.4 Å². The summed E-state index contributed by atoms with van der Waals surface area (Å²) in [4.78, 5) is 6.00. The van der Waals surface area contributed by atoms with Gasteiger partial charge < -0.3 is 4.90 Å². The topological polar surface area (TPSA) is 15.6 Å². The van der Waals surface area contributed by atoms with Crippen LogP contribution in [0.5, 0.6) is 0 Å². The van der Waals surface area contributed by atoms with Crippen molar-refractivity contribution in [2.75, 3.05) is 21.1 Å². The summed E-state index contributed by atoms with van der Waals surface area (Å²) in [5.41, 5.74) is 0. The Bertz CT molecular complexity index is 180. The molecule has 0 aromatic carbocycles. The van der Waals surface area contributed by atoms with Gasteiger partial charge in [0.2, 0.25) is 0 Å². The Morgan fingerprint density at radius 3 is 1.61 bits per heavy atom. The van der Waals surface area contributed by atoms with Gasteiger partial charge in [-0.15, -0.1) is 0 Å². The van der Waals surface area contributed by atoms with Crippen LogP contribution in [0.15, 0.2) is 17.1 Å². The third kappa shape index (κ3) is 16.8. The van der Waals surface area contributed by atoms with Crippen molar-refractivity contribution in [3.8, 4) is 0 Å². The first kappa shape index (κ1) is 23.9. The Labute approximate surface area is 138 Å². The zero-order valence-corrected chi connectivity index (χ0v) is 17.4. The van der Waals surface area contributed by atoms with Gasteiger partial charge in [-0.1, -0.05) is 26.8 Å². The van der Waals surface area contributed by atoms with E-state index in [1.54, 1.807) is 13.3 Å². The second-order valence-electron chi connectivity index (χ2n) is 4.74. The van der Waals surface area contributed by atoms with E-state index in [4.69, 9.17) is 0 Å². The first-order valence-corrected chi connectivity index (χ1v) is 12.5. The molecule has 0 aliphatic carbocycles. The Balaban J connectivity index is -0.000000241. The molecule has 0 aliphatic rings. The predicted molar refractivity (Wildman–Crippen MR) is 104 cm³/mol. The normalized spacial score (nSPS) is 14.2. The average molecular weight is 480 g/mol. The fourth-order valence-electron chi connectivity index (χ4n) is 1.20. The average Bonchev–Trinajstić information content (AvgIpc) is 2.37.